The smallest absolute Gasteiger partial charge is 0.315 e. The molecule has 2 rings (SSSR count). The quantitative estimate of drug-likeness (QED) is 0.819. The van der Waals surface area contributed by atoms with E-state index < -0.39 is 0 Å². The molecule has 2 N–H and O–H groups in total. The number of amides is 2. The summed E-state index contributed by atoms with van der Waals surface area (Å²) in [6, 6.07) is 3.51. The second-order valence-electron chi connectivity index (χ2n) is 4.28. The first-order valence-corrected chi connectivity index (χ1v) is 6.79. The van der Waals surface area contributed by atoms with Gasteiger partial charge in [-0.15, -0.1) is 6.58 Å². The summed E-state index contributed by atoms with van der Waals surface area (Å²) < 4.78 is 11.0. The normalized spacial score (nSPS) is 12.7. The van der Waals surface area contributed by atoms with Gasteiger partial charge >= 0.3 is 6.03 Å². The third kappa shape index (κ3) is 3.81. The number of carbonyl (C=O) groups excluding carboxylic acids is 1. The lowest BCUT2D eigenvalue weighted by Crippen LogP contribution is -2.36. The van der Waals surface area contributed by atoms with Crippen molar-refractivity contribution >= 4 is 17.6 Å². The molecule has 0 radical (unpaired) electrons. The maximum Gasteiger partial charge on any atom is 0.315 e. The van der Waals surface area contributed by atoms with Gasteiger partial charge in [-0.2, -0.15) is 0 Å². The zero-order valence-corrected chi connectivity index (χ0v) is 11.8. The number of hydrogen-bond acceptors (Lipinski definition) is 3. The standard InChI is InChI=1S/C14H17ClN2O3/c1-2-4-16-14(18)17-5-3-10-8-11(15)13-12(9-10)19-6-7-20-13/h2,8-9H,1,3-7H2,(H2,16,17,18). The number of fused-ring (bicyclic) bond motifs is 1. The third-order valence-corrected chi connectivity index (χ3v) is 3.04. The number of rotatable bonds is 5. The average Bonchev–Trinajstić information content (AvgIpc) is 2.45. The van der Waals surface area contributed by atoms with E-state index in [1.807, 2.05) is 12.1 Å². The molecule has 5 nitrogen and oxygen atoms in total. The highest BCUT2D eigenvalue weighted by Crippen LogP contribution is 2.38. The highest BCUT2D eigenvalue weighted by Gasteiger charge is 2.16. The molecule has 1 aromatic rings. The van der Waals surface area contributed by atoms with Crippen LogP contribution in [0.5, 0.6) is 11.5 Å². The molecule has 0 saturated heterocycles. The molecular formula is C14H17ClN2O3. The fraction of sp³-hybridized carbons (Fsp3) is 0.357. The zero-order valence-electron chi connectivity index (χ0n) is 11.1. The van der Waals surface area contributed by atoms with Crippen molar-refractivity contribution in [3.8, 4) is 11.5 Å². The van der Waals surface area contributed by atoms with Crippen molar-refractivity contribution in [2.45, 2.75) is 6.42 Å². The summed E-state index contributed by atoms with van der Waals surface area (Å²) in [6.45, 7) is 5.52. The lowest BCUT2D eigenvalue weighted by Gasteiger charge is -2.20. The second-order valence-corrected chi connectivity index (χ2v) is 4.68. The van der Waals surface area contributed by atoms with Gasteiger partial charge in [-0.1, -0.05) is 17.7 Å². The van der Waals surface area contributed by atoms with Crippen LogP contribution in [0.4, 0.5) is 4.79 Å². The number of urea groups is 1. The fourth-order valence-electron chi connectivity index (χ4n) is 1.86. The van der Waals surface area contributed by atoms with Crippen molar-refractivity contribution < 1.29 is 14.3 Å². The Hall–Kier alpha value is -1.88. The molecule has 20 heavy (non-hydrogen) atoms. The van der Waals surface area contributed by atoms with Gasteiger partial charge in [0.1, 0.15) is 13.2 Å². The molecule has 1 heterocycles. The predicted octanol–water partition coefficient (Wildman–Crippen LogP) is 2.14. The first-order valence-electron chi connectivity index (χ1n) is 6.41. The summed E-state index contributed by atoms with van der Waals surface area (Å²) in [5, 5.41) is 5.93. The van der Waals surface area contributed by atoms with E-state index in [9.17, 15) is 4.79 Å². The van der Waals surface area contributed by atoms with Crippen LogP contribution in [-0.4, -0.2) is 32.3 Å². The van der Waals surface area contributed by atoms with Gasteiger partial charge in [0, 0.05) is 13.1 Å². The maximum atomic E-state index is 11.4. The number of nitrogens with one attached hydrogen (secondary N) is 2. The molecule has 0 aliphatic carbocycles. The van der Waals surface area contributed by atoms with Crippen LogP contribution in [0, 0.1) is 0 Å². The van der Waals surface area contributed by atoms with E-state index >= 15 is 0 Å². The highest BCUT2D eigenvalue weighted by atomic mass is 35.5. The summed E-state index contributed by atoms with van der Waals surface area (Å²) in [5.74, 6) is 1.26. The van der Waals surface area contributed by atoms with Crippen LogP contribution < -0.4 is 20.1 Å². The summed E-state index contributed by atoms with van der Waals surface area (Å²) in [4.78, 5) is 11.4. The molecule has 0 bridgehead atoms. The Morgan fingerprint density at radius 2 is 2.15 bits per heavy atom. The molecule has 1 aliphatic heterocycles. The maximum absolute atomic E-state index is 11.4. The number of benzene rings is 1. The fourth-order valence-corrected chi connectivity index (χ4v) is 2.14. The molecule has 0 fully saturated rings. The number of ether oxygens (including phenoxy) is 2. The molecule has 1 aliphatic rings. The molecule has 0 aromatic heterocycles. The van der Waals surface area contributed by atoms with Crippen molar-refractivity contribution in [1.29, 1.82) is 0 Å². The van der Waals surface area contributed by atoms with Gasteiger partial charge in [-0.25, -0.2) is 4.79 Å². The van der Waals surface area contributed by atoms with E-state index in [0.717, 1.165) is 5.56 Å². The molecule has 0 unspecified atom stereocenters. The first-order chi connectivity index (χ1) is 9.70. The van der Waals surface area contributed by atoms with Gasteiger partial charge < -0.3 is 20.1 Å². The van der Waals surface area contributed by atoms with E-state index in [1.165, 1.54) is 0 Å². The van der Waals surface area contributed by atoms with Gasteiger partial charge in [0.05, 0.1) is 5.02 Å². The second kappa shape index (κ2) is 7.05. The number of carbonyl (C=O) groups is 1. The van der Waals surface area contributed by atoms with Crippen LogP contribution >= 0.6 is 11.6 Å². The van der Waals surface area contributed by atoms with Gasteiger partial charge in [-0.05, 0) is 24.1 Å². The van der Waals surface area contributed by atoms with Crippen molar-refractivity contribution in [2.24, 2.45) is 0 Å². The van der Waals surface area contributed by atoms with Crippen molar-refractivity contribution in [3.05, 3.63) is 35.4 Å². The topological polar surface area (TPSA) is 59.6 Å². The molecule has 2 amide bonds. The van der Waals surface area contributed by atoms with Crippen LogP contribution in [0.2, 0.25) is 5.02 Å². The van der Waals surface area contributed by atoms with Gasteiger partial charge in [0.15, 0.2) is 11.5 Å². The van der Waals surface area contributed by atoms with Crippen molar-refractivity contribution in [1.82, 2.24) is 10.6 Å². The number of halogens is 1. The summed E-state index contributed by atoms with van der Waals surface area (Å²) in [6.07, 6.45) is 2.29. The molecule has 0 saturated carbocycles. The SMILES string of the molecule is C=CCNC(=O)NCCc1cc(Cl)c2c(c1)OCCO2. The predicted molar refractivity (Wildman–Crippen MR) is 77.7 cm³/mol. The van der Waals surface area contributed by atoms with Crippen molar-refractivity contribution in [2.75, 3.05) is 26.3 Å². The van der Waals surface area contributed by atoms with E-state index in [2.05, 4.69) is 17.2 Å². The van der Waals surface area contributed by atoms with Crippen LogP contribution in [0.25, 0.3) is 0 Å². The molecule has 0 spiro atoms. The zero-order chi connectivity index (χ0) is 14.4. The summed E-state index contributed by atoms with van der Waals surface area (Å²) >= 11 is 6.14. The minimum atomic E-state index is -0.214. The Kier molecular flexibility index (Phi) is 5.12. The van der Waals surface area contributed by atoms with E-state index in [0.29, 0.717) is 49.2 Å². The Bertz CT molecular complexity index is 505. The molecule has 1 aromatic carbocycles. The van der Waals surface area contributed by atoms with E-state index in [-0.39, 0.29) is 6.03 Å². The lowest BCUT2D eigenvalue weighted by molar-refractivity contribution is 0.171. The molecule has 0 atom stereocenters. The Balaban J connectivity index is 1.88. The summed E-state index contributed by atoms with van der Waals surface area (Å²) in [7, 11) is 0. The van der Waals surface area contributed by atoms with Crippen LogP contribution in [0.3, 0.4) is 0 Å². The lowest BCUT2D eigenvalue weighted by atomic mass is 10.1. The minimum absolute atomic E-state index is 0.214. The van der Waals surface area contributed by atoms with Crippen molar-refractivity contribution in [3.63, 3.8) is 0 Å². The monoisotopic (exact) mass is 296 g/mol. The van der Waals surface area contributed by atoms with E-state index in [1.54, 1.807) is 6.08 Å². The summed E-state index contributed by atoms with van der Waals surface area (Å²) in [5.41, 5.74) is 0.989. The first kappa shape index (κ1) is 14.5. The van der Waals surface area contributed by atoms with Crippen LogP contribution in [0.15, 0.2) is 24.8 Å². The minimum Gasteiger partial charge on any atom is -0.486 e. The number of hydrogen-bond donors (Lipinski definition) is 2. The third-order valence-electron chi connectivity index (χ3n) is 2.76. The van der Waals surface area contributed by atoms with Gasteiger partial charge in [0.25, 0.3) is 0 Å². The highest BCUT2D eigenvalue weighted by molar-refractivity contribution is 6.32. The van der Waals surface area contributed by atoms with Crippen LogP contribution in [-0.2, 0) is 6.42 Å². The van der Waals surface area contributed by atoms with E-state index in [4.69, 9.17) is 21.1 Å². The largest absolute Gasteiger partial charge is 0.486 e. The molecular weight excluding hydrogens is 280 g/mol. The average molecular weight is 297 g/mol. The molecule has 108 valence electrons. The molecule has 6 heteroatoms. The Morgan fingerprint density at radius 3 is 2.95 bits per heavy atom. The van der Waals surface area contributed by atoms with Crippen LogP contribution in [0.1, 0.15) is 5.56 Å². The Labute approximate surface area is 122 Å². The van der Waals surface area contributed by atoms with Gasteiger partial charge in [0.2, 0.25) is 0 Å². The Morgan fingerprint density at radius 1 is 1.35 bits per heavy atom. The van der Waals surface area contributed by atoms with Gasteiger partial charge in [-0.3, -0.25) is 0 Å².